The van der Waals surface area contributed by atoms with Crippen molar-refractivity contribution < 1.29 is 18.0 Å². The van der Waals surface area contributed by atoms with Gasteiger partial charge in [-0.3, -0.25) is 10.2 Å². The van der Waals surface area contributed by atoms with Crippen molar-refractivity contribution in [3.8, 4) is 0 Å². The van der Waals surface area contributed by atoms with Crippen molar-refractivity contribution in [2.75, 3.05) is 25.0 Å². The van der Waals surface area contributed by atoms with Crippen LogP contribution in [0, 0.1) is 24.1 Å². The monoisotopic (exact) mass is 539 g/mol. The highest BCUT2D eigenvalue weighted by Gasteiger charge is 2.32. The van der Waals surface area contributed by atoms with Gasteiger partial charge in [0.25, 0.3) is 0 Å². The van der Waals surface area contributed by atoms with E-state index >= 15 is 0 Å². The molecule has 1 aliphatic carbocycles. The first-order valence-corrected chi connectivity index (χ1v) is 12.6. The van der Waals surface area contributed by atoms with Gasteiger partial charge in [-0.15, -0.1) is 0 Å². The Balaban J connectivity index is 0.000000197. The van der Waals surface area contributed by atoms with Gasteiger partial charge in [0.15, 0.2) is 18.1 Å². The number of rotatable bonds is 5. The number of hydrogen-bond acceptors (Lipinski definition) is 8. The predicted molar refractivity (Wildman–Crippen MR) is 143 cm³/mol. The van der Waals surface area contributed by atoms with Gasteiger partial charge in [0, 0.05) is 37.1 Å². The number of likely N-dealkylation sites (N-methyl/N-ethyl adjacent to an activating group) is 1. The fraction of sp³-hybridized carbons (Fsp3) is 0.520. The zero-order valence-electron chi connectivity index (χ0n) is 21.6. The average molecular weight is 540 g/mol. The summed E-state index contributed by atoms with van der Waals surface area (Å²) in [6.07, 6.45) is 6.92. The van der Waals surface area contributed by atoms with Gasteiger partial charge in [-0.25, -0.2) is 18.7 Å². The molecular formula is C25H36F3N7OS. The third kappa shape index (κ3) is 8.41. The highest BCUT2D eigenvalue weighted by atomic mass is 32.1. The summed E-state index contributed by atoms with van der Waals surface area (Å²) in [6, 6.07) is 1.43. The van der Waals surface area contributed by atoms with E-state index in [9.17, 15) is 18.0 Å². The second-order valence-electron chi connectivity index (χ2n) is 8.97. The van der Waals surface area contributed by atoms with Crippen molar-refractivity contribution in [1.82, 2.24) is 19.9 Å². The standard InChI is InChI=1S/C9H13FN4.C9H13NO.C7H10F2N2S/c1-11-8-2-3-14(6-8)9-12-4-7(10)5-13-9;1-4-8-5-9(6-11)10(3)7(8)2;8-5-2-3(12)1-4(6(5)10)7(9)11/h4-5,8,11H,2-3,6H2,1H3;5-6H,4H2,1-3H3;2-4,6,11-12H,1,10H2/t8-;;/m1../s1. The molecule has 0 radical (unpaired) electrons. The molecule has 2 aromatic heterocycles. The Kier molecular flexibility index (Phi) is 11.8. The van der Waals surface area contributed by atoms with Gasteiger partial charge in [-0.1, -0.05) is 6.92 Å². The quantitative estimate of drug-likeness (QED) is 0.263. The summed E-state index contributed by atoms with van der Waals surface area (Å²) in [5, 5.41) is 9.59. The van der Waals surface area contributed by atoms with E-state index in [1.165, 1.54) is 29.7 Å². The molecule has 3 unspecified atom stereocenters. The molecule has 37 heavy (non-hydrogen) atoms. The normalized spacial score (nSPS) is 22.8. The maximum Gasteiger partial charge on any atom is 0.225 e. The molecule has 1 fully saturated rings. The molecule has 204 valence electrons. The molecular weight excluding hydrogens is 503 g/mol. The van der Waals surface area contributed by atoms with Crippen LogP contribution in [-0.4, -0.2) is 64.3 Å². The maximum absolute atomic E-state index is 12.9. The molecule has 4 N–H and O–H groups in total. The van der Waals surface area contributed by atoms with Crippen LogP contribution < -0.4 is 16.0 Å². The Bertz CT molecular complexity index is 1080. The molecule has 2 aromatic rings. The number of aromatic nitrogens is 3. The zero-order valence-corrected chi connectivity index (χ0v) is 22.5. The number of nitrogens with zero attached hydrogens (tertiary/aromatic N) is 4. The molecule has 4 rings (SSSR count). The third-order valence-corrected chi connectivity index (χ3v) is 6.95. The summed E-state index contributed by atoms with van der Waals surface area (Å²) < 4.78 is 39.8. The largest absolute Gasteiger partial charge is 0.346 e. The molecule has 8 nitrogen and oxygen atoms in total. The van der Waals surface area contributed by atoms with E-state index in [4.69, 9.17) is 11.1 Å². The van der Waals surface area contributed by atoms with Gasteiger partial charge in [-0.2, -0.15) is 17.0 Å². The van der Waals surface area contributed by atoms with Crippen LogP contribution in [0.5, 0.6) is 0 Å². The number of halogens is 3. The number of carbonyl (C=O) groups excluding carboxylic acids is 1. The number of carbonyl (C=O) groups is 1. The number of thiol groups is 1. The van der Waals surface area contributed by atoms with Gasteiger partial charge in [0.2, 0.25) is 5.95 Å². The van der Waals surface area contributed by atoms with Crippen molar-refractivity contribution in [1.29, 1.82) is 5.41 Å². The van der Waals surface area contributed by atoms with Crippen LogP contribution in [0.4, 0.5) is 19.1 Å². The van der Waals surface area contributed by atoms with Crippen LogP contribution in [0.25, 0.3) is 0 Å². The van der Waals surface area contributed by atoms with Crippen LogP contribution in [0.2, 0.25) is 0 Å². The highest BCUT2D eigenvalue weighted by molar-refractivity contribution is 7.81. The first kappa shape index (κ1) is 30.5. The van der Waals surface area contributed by atoms with Gasteiger partial charge >= 0.3 is 0 Å². The minimum atomic E-state index is -1.06. The SMILES string of the molecule is CCc1cc(C=O)n(C)c1C.CN[C@@H]1CCN(c2ncc(F)cn2)C1.N=C(F)C1CC(S)C=C(F)C1N. The van der Waals surface area contributed by atoms with E-state index in [0.29, 0.717) is 12.0 Å². The lowest BCUT2D eigenvalue weighted by Gasteiger charge is -2.26. The summed E-state index contributed by atoms with van der Waals surface area (Å²) >= 11 is 3.98. The molecule has 0 amide bonds. The average Bonchev–Trinajstić information content (AvgIpc) is 3.47. The van der Waals surface area contributed by atoms with E-state index in [1.54, 1.807) is 0 Å². The summed E-state index contributed by atoms with van der Waals surface area (Å²) in [5.41, 5.74) is 8.54. The number of hydrogen-bond donors (Lipinski definition) is 4. The number of nitrogens with two attached hydrogens (primary N) is 1. The second-order valence-corrected chi connectivity index (χ2v) is 9.63. The lowest BCUT2D eigenvalue weighted by molar-refractivity contribution is 0.111. The molecule has 0 aromatic carbocycles. The Labute approximate surface area is 221 Å². The number of aryl methyl sites for hydroxylation is 1. The van der Waals surface area contributed by atoms with Gasteiger partial charge < -0.3 is 20.5 Å². The summed E-state index contributed by atoms with van der Waals surface area (Å²) in [7, 11) is 3.86. The summed E-state index contributed by atoms with van der Waals surface area (Å²) in [5.74, 6) is -2.27. The van der Waals surface area contributed by atoms with Crippen LogP contribution in [-0.2, 0) is 13.5 Å². The molecule has 12 heteroatoms. The first-order valence-electron chi connectivity index (χ1n) is 12.1. The minimum absolute atomic E-state index is 0.285. The summed E-state index contributed by atoms with van der Waals surface area (Å²) in [4.78, 5) is 20.4. The fourth-order valence-electron chi connectivity index (χ4n) is 4.13. The Morgan fingerprint density at radius 3 is 2.46 bits per heavy atom. The minimum Gasteiger partial charge on any atom is -0.346 e. The van der Waals surface area contributed by atoms with Crippen molar-refractivity contribution in [3.05, 3.63) is 53.1 Å². The number of aldehydes is 1. The second kappa shape index (κ2) is 14.3. The van der Waals surface area contributed by atoms with E-state index in [-0.39, 0.29) is 11.7 Å². The first-order chi connectivity index (χ1) is 17.5. The van der Waals surface area contributed by atoms with Crippen LogP contribution >= 0.6 is 12.6 Å². The van der Waals surface area contributed by atoms with Crippen molar-refractivity contribution >= 4 is 30.8 Å². The lowest BCUT2D eigenvalue weighted by atomic mass is 9.89. The van der Waals surface area contributed by atoms with Crippen molar-refractivity contribution in [2.24, 2.45) is 18.7 Å². The molecule has 1 saturated heterocycles. The Morgan fingerprint density at radius 2 is 2.00 bits per heavy atom. The van der Waals surface area contributed by atoms with E-state index in [0.717, 1.165) is 37.9 Å². The Hall–Kier alpha value is -2.70. The van der Waals surface area contributed by atoms with Crippen molar-refractivity contribution in [3.63, 3.8) is 0 Å². The van der Waals surface area contributed by atoms with Crippen LogP contribution in [0.1, 0.15) is 41.5 Å². The molecule has 0 spiro atoms. The number of nitrogens with one attached hydrogen (secondary N) is 2. The van der Waals surface area contributed by atoms with E-state index in [2.05, 4.69) is 39.7 Å². The topological polar surface area (TPSA) is 113 Å². The molecule has 1 aliphatic heterocycles. The van der Waals surface area contributed by atoms with Gasteiger partial charge in [0.05, 0.1) is 30.0 Å². The third-order valence-electron chi connectivity index (χ3n) is 6.59. The highest BCUT2D eigenvalue weighted by Crippen LogP contribution is 2.28. The molecule has 0 bridgehead atoms. The Morgan fingerprint density at radius 1 is 1.35 bits per heavy atom. The number of anilines is 1. The van der Waals surface area contributed by atoms with Crippen LogP contribution in [0.15, 0.2) is 30.4 Å². The smallest absolute Gasteiger partial charge is 0.225 e. The maximum atomic E-state index is 12.9. The molecule has 3 heterocycles. The summed E-state index contributed by atoms with van der Waals surface area (Å²) in [6.45, 7) is 5.95. The molecule has 0 saturated carbocycles. The van der Waals surface area contributed by atoms with Gasteiger partial charge in [0.1, 0.15) is 5.83 Å². The van der Waals surface area contributed by atoms with E-state index in [1.807, 2.05) is 31.7 Å². The van der Waals surface area contributed by atoms with Gasteiger partial charge in [-0.05, 0) is 50.9 Å². The molecule has 4 atom stereocenters. The van der Waals surface area contributed by atoms with Crippen molar-refractivity contribution in [2.45, 2.75) is 50.4 Å². The zero-order chi connectivity index (χ0) is 27.7. The fourth-order valence-corrected chi connectivity index (χ4v) is 4.50. The molecule has 2 aliphatic rings. The van der Waals surface area contributed by atoms with Crippen LogP contribution in [0.3, 0.4) is 0 Å². The van der Waals surface area contributed by atoms with E-state index < -0.39 is 29.6 Å². The lowest BCUT2D eigenvalue weighted by Crippen LogP contribution is -2.39. The predicted octanol–water partition coefficient (Wildman–Crippen LogP) is 3.55.